The molecular weight excluding hydrogens is 406 g/mol. The third-order valence-electron chi connectivity index (χ3n) is 5.36. The van der Waals surface area contributed by atoms with E-state index in [-0.39, 0.29) is 11.8 Å². The van der Waals surface area contributed by atoms with Crippen molar-refractivity contribution in [3.05, 3.63) is 76.9 Å². The van der Waals surface area contributed by atoms with Crippen LogP contribution in [-0.4, -0.2) is 29.5 Å². The number of rotatable bonds is 8. The Morgan fingerprint density at radius 2 is 1.87 bits per heavy atom. The molecule has 0 saturated carbocycles. The van der Waals surface area contributed by atoms with E-state index in [0.29, 0.717) is 6.54 Å². The average molecular weight is 432 g/mol. The molecule has 4 aromatic rings. The first-order valence-corrected chi connectivity index (χ1v) is 11.2. The van der Waals surface area contributed by atoms with Crippen molar-refractivity contribution in [1.29, 1.82) is 0 Å². The number of carbonyl (C=O) groups excluding carboxylic acids is 1. The summed E-state index contributed by atoms with van der Waals surface area (Å²) in [5.41, 5.74) is 3.07. The second-order valence-corrected chi connectivity index (χ2v) is 8.39. The van der Waals surface area contributed by atoms with E-state index < -0.39 is 0 Å². The Hall–Kier alpha value is -3.25. The second kappa shape index (κ2) is 9.71. The molecule has 1 N–H and O–H groups in total. The normalized spacial score (nSPS) is 11.9. The fraction of sp³-hybridized carbons (Fsp3) is 0.240. The summed E-state index contributed by atoms with van der Waals surface area (Å²) in [7, 11) is 1.66. The number of aryl methyl sites for hydroxylation is 1. The van der Waals surface area contributed by atoms with Gasteiger partial charge in [-0.2, -0.15) is 0 Å². The lowest BCUT2D eigenvalue weighted by Crippen LogP contribution is -2.29. The number of nitrogens with zero attached hydrogens (tertiary/aromatic N) is 2. The lowest BCUT2D eigenvalue weighted by Gasteiger charge is -2.13. The lowest BCUT2D eigenvalue weighted by molar-refractivity contribution is -0.122. The van der Waals surface area contributed by atoms with Gasteiger partial charge in [-0.1, -0.05) is 24.3 Å². The highest BCUT2D eigenvalue weighted by atomic mass is 32.1. The Balaban J connectivity index is 1.29. The van der Waals surface area contributed by atoms with Crippen LogP contribution in [0.5, 0.6) is 5.75 Å². The van der Waals surface area contributed by atoms with Gasteiger partial charge in [0.2, 0.25) is 5.91 Å². The van der Waals surface area contributed by atoms with E-state index in [9.17, 15) is 4.79 Å². The average Bonchev–Trinajstić information content (AvgIpc) is 3.30. The summed E-state index contributed by atoms with van der Waals surface area (Å²) in [6.07, 6.45) is 5.26. The summed E-state index contributed by atoms with van der Waals surface area (Å²) < 4.78 is 5.28. The highest BCUT2D eigenvalue weighted by Crippen LogP contribution is 2.25. The van der Waals surface area contributed by atoms with Crippen LogP contribution in [0, 0.1) is 0 Å². The number of hydrogen-bond donors (Lipinski definition) is 1. The van der Waals surface area contributed by atoms with Gasteiger partial charge in [0, 0.05) is 36.3 Å². The number of ether oxygens (including phenoxy) is 1. The SMILES string of the molecule is COc1ccc2cc([C@H](C)C(=O)NCCCc3nc(-c4ccncc4)cs3)ccc2c1. The van der Waals surface area contributed by atoms with Gasteiger partial charge in [0.15, 0.2) is 0 Å². The maximum absolute atomic E-state index is 12.6. The standard InChI is InChI=1S/C25H25N3O2S/c1-17(19-5-6-21-15-22(30-2)8-7-20(21)14-19)25(29)27-11-3-4-24-28-23(16-31-24)18-9-12-26-13-10-18/h5-10,12-17H,3-4,11H2,1-2H3,(H,27,29)/t17-/m0/s1. The van der Waals surface area contributed by atoms with E-state index in [1.807, 2.05) is 49.4 Å². The number of pyridine rings is 1. The van der Waals surface area contributed by atoms with Gasteiger partial charge in [-0.05, 0) is 53.9 Å². The van der Waals surface area contributed by atoms with Crippen LogP contribution in [0.25, 0.3) is 22.0 Å². The first-order valence-electron chi connectivity index (χ1n) is 10.3. The smallest absolute Gasteiger partial charge is 0.227 e. The number of hydrogen-bond acceptors (Lipinski definition) is 5. The summed E-state index contributed by atoms with van der Waals surface area (Å²) in [5.74, 6) is 0.674. The number of aromatic nitrogens is 2. The van der Waals surface area contributed by atoms with E-state index in [1.165, 1.54) is 0 Å². The molecule has 158 valence electrons. The van der Waals surface area contributed by atoms with Crippen molar-refractivity contribution in [3.8, 4) is 17.0 Å². The number of fused-ring (bicyclic) bond motifs is 1. The lowest BCUT2D eigenvalue weighted by atomic mass is 9.97. The summed E-state index contributed by atoms with van der Waals surface area (Å²) in [6.45, 7) is 2.58. The molecule has 0 aliphatic heterocycles. The van der Waals surface area contributed by atoms with Crippen LogP contribution in [0.1, 0.15) is 29.8 Å². The topological polar surface area (TPSA) is 64.1 Å². The molecule has 2 aromatic carbocycles. The van der Waals surface area contributed by atoms with Crippen LogP contribution in [0.3, 0.4) is 0 Å². The van der Waals surface area contributed by atoms with Crippen LogP contribution in [0.15, 0.2) is 66.3 Å². The molecule has 2 aromatic heterocycles. The molecule has 0 spiro atoms. The Morgan fingerprint density at radius 1 is 1.10 bits per heavy atom. The minimum atomic E-state index is -0.204. The number of carbonyl (C=O) groups is 1. The molecule has 0 radical (unpaired) electrons. The van der Waals surface area contributed by atoms with Crippen LogP contribution < -0.4 is 10.1 Å². The quantitative estimate of drug-likeness (QED) is 0.389. The monoisotopic (exact) mass is 431 g/mol. The molecule has 1 atom stereocenters. The van der Waals surface area contributed by atoms with Gasteiger partial charge in [-0.15, -0.1) is 11.3 Å². The van der Waals surface area contributed by atoms with E-state index in [2.05, 4.69) is 21.7 Å². The summed E-state index contributed by atoms with van der Waals surface area (Å²) in [5, 5.41) is 8.42. The van der Waals surface area contributed by atoms with Gasteiger partial charge < -0.3 is 10.1 Å². The summed E-state index contributed by atoms with van der Waals surface area (Å²) >= 11 is 1.66. The molecule has 0 saturated heterocycles. The summed E-state index contributed by atoms with van der Waals surface area (Å²) in [6, 6.07) is 16.0. The van der Waals surface area contributed by atoms with Gasteiger partial charge in [0.25, 0.3) is 0 Å². The van der Waals surface area contributed by atoms with Crippen LogP contribution in [0.4, 0.5) is 0 Å². The number of nitrogens with one attached hydrogen (secondary N) is 1. The number of methoxy groups -OCH3 is 1. The zero-order valence-electron chi connectivity index (χ0n) is 17.7. The molecular formula is C25H25N3O2S. The predicted octanol–water partition coefficient (Wildman–Crippen LogP) is 5.22. The number of benzene rings is 2. The van der Waals surface area contributed by atoms with Crippen molar-refractivity contribution in [1.82, 2.24) is 15.3 Å². The minimum absolute atomic E-state index is 0.0458. The van der Waals surface area contributed by atoms with E-state index in [1.54, 1.807) is 30.8 Å². The van der Waals surface area contributed by atoms with Crippen LogP contribution in [-0.2, 0) is 11.2 Å². The van der Waals surface area contributed by atoms with Gasteiger partial charge in [0.1, 0.15) is 5.75 Å². The van der Waals surface area contributed by atoms with E-state index in [0.717, 1.165) is 51.2 Å². The van der Waals surface area contributed by atoms with Crippen molar-refractivity contribution in [2.75, 3.05) is 13.7 Å². The molecule has 4 rings (SSSR count). The zero-order chi connectivity index (χ0) is 21.6. The van der Waals surface area contributed by atoms with Crippen molar-refractivity contribution in [3.63, 3.8) is 0 Å². The molecule has 5 nitrogen and oxygen atoms in total. The third-order valence-corrected chi connectivity index (χ3v) is 6.27. The zero-order valence-corrected chi connectivity index (χ0v) is 18.5. The molecule has 0 fully saturated rings. The van der Waals surface area contributed by atoms with Crippen molar-refractivity contribution >= 4 is 28.0 Å². The first kappa shape index (κ1) is 21.0. The van der Waals surface area contributed by atoms with Crippen LogP contribution in [0.2, 0.25) is 0 Å². The molecule has 0 unspecified atom stereocenters. The number of amides is 1. The van der Waals surface area contributed by atoms with Gasteiger partial charge in [-0.3, -0.25) is 9.78 Å². The highest BCUT2D eigenvalue weighted by Gasteiger charge is 2.15. The molecule has 0 bridgehead atoms. The molecule has 0 aliphatic carbocycles. The Morgan fingerprint density at radius 3 is 2.68 bits per heavy atom. The Labute approximate surface area is 186 Å². The minimum Gasteiger partial charge on any atom is -0.497 e. The van der Waals surface area contributed by atoms with Gasteiger partial charge in [-0.25, -0.2) is 4.98 Å². The highest BCUT2D eigenvalue weighted by molar-refractivity contribution is 7.09. The molecule has 1 amide bonds. The molecule has 0 aliphatic rings. The summed E-state index contributed by atoms with van der Waals surface area (Å²) in [4.78, 5) is 21.4. The fourth-order valence-corrected chi connectivity index (χ4v) is 4.32. The predicted molar refractivity (Wildman–Crippen MR) is 126 cm³/mol. The molecule has 2 heterocycles. The largest absolute Gasteiger partial charge is 0.497 e. The van der Waals surface area contributed by atoms with Gasteiger partial charge >= 0.3 is 0 Å². The fourth-order valence-electron chi connectivity index (χ4n) is 3.48. The van der Waals surface area contributed by atoms with Gasteiger partial charge in [0.05, 0.1) is 23.7 Å². The first-order chi connectivity index (χ1) is 15.1. The second-order valence-electron chi connectivity index (χ2n) is 7.45. The number of thiazole rings is 1. The van der Waals surface area contributed by atoms with E-state index >= 15 is 0 Å². The Bertz CT molecular complexity index is 1170. The van der Waals surface area contributed by atoms with Crippen LogP contribution >= 0.6 is 11.3 Å². The van der Waals surface area contributed by atoms with E-state index in [4.69, 9.17) is 9.72 Å². The maximum atomic E-state index is 12.6. The Kier molecular flexibility index (Phi) is 6.57. The third kappa shape index (κ3) is 5.09. The van der Waals surface area contributed by atoms with Crippen molar-refractivity contribution in [2.45, 2.75) is 25.7 Å². The van der Waals surface area contributed by atoms with Crippen molar-refractivity contribution in [2.24, 2.45) is 0 Å². The molecule has 6 heteroatoms. The van der Waals surface area contributed by atoms with Crippen molar-refractivity contribution < 1.29 is 9.53 Å². The maximum Gasteiger partial charge on any atom is 0.227 e. The molecule has 31 heavy (non-hydrogen) atoms.